The van der Waals surface area contributed by atoms with Gasteiger partial charge in [-0.3, -0.25) is 14.5 Å². The van der Waals surface area contributed by atoms with E-state index < -0.39 is 4.87 Å². The maximum Gasteiger partial charge on any atom is 0.258 e. The summed E-state index contributed by atoms with van der Waals surface area (Å²) < 4.78 is 0. The summed E-state index contributed by atoms with van der Waals surface area (Å²) in [6.45, 7) is 0.153. The van der Waals surface area contributed by atoms with Gasteiger partial charge in [0.2, 0.25) is 5.91 Å². The molecule has 1 aromatic rings. The number of nitrogens with zero attached hydrogens (tertiary/aromatic N) is 1. The molecule has 0 spiro atoms. The van der Waals surface area contributed by atoms with E-state index in [1.165, 1.54) is 11.8 Å². The van der Waals surface area contributed by atoms with Gasteiger partial charge in [-0.25, -0.2) is 0 Å². The number of amides is 2. The van der Waals surface area contributed by atoms with Crippen molar-refractivity contribution in [3.63, 3.8) is 0 Å². The van der Waals surface area contributed by atoms with E-state index in [2.05, 4.69) is 11.2 Å². The van der Waals surface area contributed by atoms with Crippen molar-refractivity contribution in [3.05, 3.63) is 23.2 Å². The molecule has 20 heavy (non-hydrogen) atoms. The van der Waals surface area contributed by atoms with Gasteiger partial charge in [-0.05, 0) is 24.6 Å². The number of fused-ring (bicyclic) bond motifs is 3. The van der Waals surface area contributed by atoms with Crippen molar-refractivity contribution in [3.8, 4) is 12.3 Å². The summed E-state index contributed by atoms with van der Waals surface area (Å²) in [6, 6.07) is 5.32. The molecule has 1 aromatic carbocycles. The maximum absolute atomic E-state index is 12.5. The summed E-state index contributed by atoms with van der Waals surface area (Å²) in [7, 11) is 0. The Kier molecular flexibility index (Phi) is 3.15. The fourth-order valence-electron chi connectivity index (χ4n) is 2.59. The van der Waals surface area contributed by atoms with Gasteiger partial charge >= 0.3 is 0 Å². The number of thioether (sulfide) groups is 1. The van der Waals surface area contributed by atoms with E-state index in [1.807, 2.05) is 6.07 Å². The quantitative estimate of drug-likeness (QED) is 0.851. The van der Waals surface area contributed by atoms with Crippen LogP contribution in [0.1, 0.15) is 12.8 Å². The van der Waals surface area contributed by atoms with Crippen LogP contribution >= 0.6 is 23.4 Å². The summed E-state index contributed by atoms with van der Waals surface area (Å²) in [5.41, 5.74) is 0.709. The van der Waals surface area contributed by atoms with E-state index >= 15 is 0 Å². The summed E-state index contributed by atoms with van der Waals surface area (Å²) in [5, 5.41) is 3.23. The smallest absolute Gasteiger partial charge is 0.258 e. The van der Waals surface area contributed by atoms with Crippen LogP contribution in [0.4, 0.5) is 5.69 Å². The van der Waals surface area contributed by atoms with Crippen LogP contribution in [0.2, 0.25) is 5.02 Å². The topological polar surface area (TPSA) is 49.4 Å². The Balaban J connectivity index is 2.03. The highest BCUT2D eigenvalue weighted by Gasteiger charge is 2.57. The summed E-state index contributed by atoms with van der Waals surface area (Å²) in [4.78, 5) is 26.1. The van der Waals surface area contributed by atoms with Crippen molar-refractivity contribution in [1.82, 2.24) is 5.32 Å². The minimum Gasteiger partial charge on any atom is -0.342 e. The van der Waals surface area contributed by atoms with Gasteiger partial charge in [0.25, 0.3) is 5.91 Å². The fourth-order valence-corrected chi connectivity index (χ4v) is 4.17. The van der Waals surface area contributed by atoms with Crippen LogP contribution in [0.5, 0.6) is 0 Å². The highest BCUT2D eigenvalue weighted by atomic mass is 35.5. The van der Waals surface area contributed by atoms with E-state index in [-0.39, 0.29) is 18.4 Å². The third-order valence-electron chi connectivity index (χ3n) is 3.43. The second kappa shape index (κ2) is 4.72. The number of hydrogen-bond acceptors (Lipinski definition) is 3. The first-order chi connectivity index (χ1) is 9.58. The van der Waals surface area contributed by atoms with Crippen LogP contribution in [0, 0.1) is 12.3 Å². The molecule has 6 heteroatoms. The summed E-state index contributed by atoms with van der Waals surface area (Å²) >= 11 is 7.39. The zero-order valence-electron chi connectivity index (χ0n) is 10.5. The van der Waals surface area contributed by atoms with E-state index in [4.69, 9.17) is 18.0 Å². The van der Waals surface area contributed by atoms with Gasteiger partial charge in [0.15, 0.2) is 4.87 Å². The highest BCUT2D eigenvalue weighted by Crippen LogP contribution is 2.56. The summed E-state index contributed by atoms with van der Waals surface area (Å²) in [6.07, 6.45) is 5.99. The third kappa shape index (κ3) is 1.80. The van der Waals surface area contributed by atoms with E-state index in [9.17, 15) is 9.59 Å². The van der Waals surface area contributed by atoms with Gasteiger partial charge in [-0.15, -0.1) is 6.42 Å². The minimum absolute atomic E-state index is 0.0608. The lowest BCUT2D eigenvalue weighted by Gasteiger charge is -2.29. The van der Waals surface area contributed by atoms with Crippen LogP contribution in [0.15, 0.2) is 23.1 Å². The van der Waals surface area contributed by atoms with E-state index in [1.54, 1.807) is 17.0 Å². The summed E-state index contributed by atoms with van der Waals surface area (Å²) in [5.74, 6) is 2.09. The number of halogens is 1. The Morgan fingerprint density at radius 2 is 2.40 bits per heavy atom. The Labute approximate surface area is 125 Å². The van der Waals surface area contributed by atoms with Crippen LogP contribution in [-0.2, 0) is 9.59 Å². The van der Waals surface area contributed by atoms with Crippen molar-refractivity contribution in [2.75, 3.05) is 11.4 Å². The zero-order valence-corrected chi connectivity index (χ0v) is 12.1. The predicted molar refractivity (Wildman–Crippen MR) is 78.6 cm³/mol. The van der Waals surface area contributed by atoms with Crippen LogP contribution in [0.3, 0.4) is 0 Å². The van der Waals surface area contributed by atoms with E-state index in [0.29, 0.717) is 23.6 Å². The van der Waals surface area contributed by atoms with Gasteiger partial charge < -0.3 is 5.32 Å². The molecule has 1 fully saturated rings. The minimum atomic E-state index is -0.916. The van der Waals surface area contributed by atoms with Crippen molar-refractivity contribution in [2.45, 2.75) is 22.6 Å². The predicted octanol–water partition coefficient (Wildman–Crippen LogP) is 2.02. The molecule has 0 bridgehead atoms. The number of hydrogen-bond donors (Lipinski definition) is 1. The molecule has 102 valence electrons. The largest absolute Gasteiger partial charge is 0.342 e. The van der Waals surface area contributed by atoms with Crippen molar-refractivity contribution < 1.29 is 9.59 Å². The number of rotatable bonds is 2. The molecule has 4 nitrogen and oxygen atoms in total. The van der Waals surface area contributed by atoms with Gasteiger partial charge in [0, 0.05) is 16.3 Å². The Morgan fingerprint density at radius 3 is 3.15 bits per heavy atom. The van der Waals surface area contributed by atoms with Crippen molar-refractivity contribution >= 4 is 40.9 Å². The third-order valence-corrected chi connectivity index (χ3v) is 5.14. The lowest BCUT2D eigenvalue weighted by Crippen LogP contribution is -2.52. The van der Waals surface area contributed by atoms with Crippen LogP contribution < -0.4 is 10.2 Å². The monoisotopic (exact) mass is 306 g/mol. The van der Waals surface area contributed by atoms with Crippen LogP contribution in [-0.4, -0.2) is 23.2 Å². The van der Waals surface area contributed by atoms with Crippen LogP contribution in [0.25, 0.3) is 0 Å². The van der Waals surface area contributed by atoms with Crippen molar-refractivity contribution in [2.24, 2.45) is 0 Å². The number of terminal acetylenes is 1. The SMILES string of the molecule is C#CCNC(=O)[C@]12CCC(=O)N1c1cc(Cl)ccc1S2. The molecule has 0 unspecified atom stereocenters. The molecule has 2 aliphatic heterocycles. The van der Waals surface area contributed by atoms with Gasteiger partial charge in [0.05, 0.1) is 12.2 Å². The van der Waals surface area contributed by atoms with Gasteiger partial charge in [-0.1, -0.05) is 29.3 Å². The van der Waals surface area contributed by atoms with Gasteiger partial charge in [-0.2, -0.15) is 0 Å². The first kappa shape index (κ1) is 13.3. The molecule has 2 aliphatic rings. The van der Waals surface area contributed by atoms with E-state index in [0.717, 1.165) is 4.90 Å². The second-order valence-electron chi connectivity index (χ2n) is 4.61. The molecule has 1 N–H and O–H groups in total. The maximum atomic E-state index is 12.5. The number of carbonyl (C=O) groups excluding carboxylic acids is 2. The molecule has 1 atom stereocenters. The molecular weight excluding hydrogens is 296 g/mol. The van der Waals surface area contributed by atoms with Crippen molar-refractivity contribution in [1.29, 1.82) is 0 Å². The Bertz CT molecular complexity index is 655. The lowest BCUT2D eigenvalue weighted by atomic mass is 10.2. The fraction of sp³-hybridized carbons (Fsp3) is 0.286. The number of carbonyl (C=O) groups is 2. The molecule has 0 aliphatic carbocycles. The first-order valence-corrected chi connectivity index (χ1v) is 7.31. The number of nitrogens with one attached hydrogen (secondary N) is 1. The molecule has 0 radical (unpaired) electrons. The Hall–Kier alpha value is -1.64. The Morgan fingerprint density at radius 1 is 1.60 bits per heavy atom. The molecule has 3 rings (SSSR count). The molecule has 0 saturated carbocycles. The zero-order chi connectivity index (χ0) is 14.3. The number of anilines is 1. The normalized spacial score (nSPS) is 23.2. The molecule has 0 aromatic heterocycles. The number of benzene rings is 1. The average Bonchev–Trinajstić information content (AvgIpc) is 2.93. The average molecular weight is 307 g/mol. The molecular formula is C14H11ClN2O2S. The second-order valence-corrected chi connectivity index (χ2v) is 6.37. The van der Waals surface area contributed by atoms with Gasteiger partial charge in [0.1, 0.15) is 0 Å². The molecule has 1 saturated heterocycles. The molecule has 2 amide bonds. The standard InChI is InChI=1S/C14H11ClN2O2S/c1-2-7-16-13(19)14-6-5-12(18)17(14)10-8-9(15)3-4-11(10)20-14/h1,3-4,8H,5-7H2,(H,16,19)/t14-/m1/s1. The first-order valence-electron chi connectivity index (χ1n) is 6.12. The lowest BCUT2D eigenvalue weighted by molar-refractivity contribution is -0.124. The highest BCUT2D eigenvalue weighted by molar-refractivity contribution is 8.02. The molecule has 2 heterocycles.